The van der Waals surface area contributed by atoms with Gasteiger partial charge >= 0.3 is 0 Å². The first kappa shape index (κ1) is 18.4. The third-order valence-electron chi connectivity index (χ3n) is 3.63. The van der Waals surface area contributed by atoms with E-state index < -0.39 is 0 Å². The minimum Gasteiger partial charge on any atom is -0.491 e. The Morgan fingerprint density at radius 1 is 1.04 bits per heavy atom. The number of amides is 1. The Kier molecular flexibility index (Phi) is 7.19. The number of para-hydroxylation sites is 1. The molecule has 0 spiro atoms. The molecule has 0 saturated carbocycles. The molecule has 0 bridgehead atoms. The summed E-state index contributed by atoms with van der Waals surface area (Å²) in [5, 5.41) is 2.81. The van der Waals surface area contributed by atoms with Crippen molar-refractivity contribution in [3.63, 3.8) is 0 Å². The van der Waals surface area contributed by atoms with Gasteiger partial charge in [-0.25, -0.2) is 0 Å². The third-order valence-corrected chi connectivity index (χ3v) is 4.74. The van der Waals surface area contributed by atoms with E-state index in [9.17, 15) is 4.79 Å². The van der Waals surface area contributed by atoms with E-state index in [1.165, 1.54) is 5.56 Å². The van der Waals surface area contributed by atoms with Crippen molar-refractivity contribution in [1.29, 1.82) is 0 Å². The molecule has 128 valence electrons. The normalized spacial score (nSPS) is 12.0. The van der Waals surface area contributed by atoms with Gasteiger partial charge in [-0.2, -0.15) is 0 Å². The maximum absolute atomic E-state index is 12.1. The van der Waals surface area contributed by atoms with Crippen molar-refractivity contribution < 1.29 is 9.53 Å². The monoisotopic (exact) mass is 343 g/mol. The Morgan fingerprint density at radius 2 is 1.71 bits per heavy atom. The van der Waals surface area contributed by atoms with Crippen LogP contribution in [-0.4, -0.2) is 24.3 Å². The fourth-order valence-electron chi connectivity index (χ4n) is 2.32. The highest BCUT2D eigenvalue weighted by Crippen LogP contribution is 2.25. The lowest BCUT2D eigenvalue weighted by Crippen LogP contribution is -2.34. The number of carbonyl (C=O) groups is 1. The molecule has 2 aromatic rings. The predicted octanol–water partition coefficient (Wildman–Crippen LogP) is 4.49. The fourth-order valence-corrected chi connectivity index (χ4v) is 3.24. The second-order valence-corrected chi connectivity index (χ2v) is 7.32. The zero-order valence-corrected chi connectivity index (χ0v) is 15.3. The van der Waals surface area contributed by atoms with Gasteiger partial charge < -0.3 is 10.1 Å². The molecule has 0 unspecified atom stereocenters. The molecule has 0 aliphatic rings. The predicted molar refractivity (Wildman–Crippen MR) is 101 cm³/mol. The lowest BCUT2D eigenvalue weighted by molar-refractivity contribution is -0.120. The molecule has 3 nitrogen and oxygen atoms in total. The molecule has 4 heteroatoms. The Hall–Kier alpha value is -1.94. The van der Waals surface area contributed by atoms with Crippen LogP contribution in [0.4, 0.5) is 0 Å². The topological polar surface area (TPSA) is 38.3 Å². The summed E-state index contributed by atoms with van der Waals surface area (Å²) in [7, 11) is 0. The zero-order chi connectivity index (χ0) is 17.4. The number of thioether (sulfide) groups is 1. The van der Waals surface area contributed by atoms with Crippen LogP contribution in [0.25, 0.3) is 0 Å². The molecule has 0 aliphatic heterocycles. The van der Waals surface area contributed by atoms with Crippen LogP contribution < -0.4 is 10.1 Å². The molecular formula is C20H25NO2S. The largest absolute Gasteiger partial charge is 0.491 e. The minimum absolute atomic E-state index is 0.0320. The summed E-state index contributed by atoms with van der Waals surface area (Å²) < 4.78 is 5.83. The maximum atomic E-state index is 12.1. The number of benzene rings is 2. The van der Waals surface area contributed by atoms with Crippen molar-refractivity contribution in [3.8, 4) is 5.75 Å². The lowest BCUT2D eigenvalue weighted by atomic mass is 10.0. The van der Waals surface area contributed by atoms with E-state index in [4.69, 9.17) is 4.74 Å². The molecule has 1 atom stereocenters. The van der Waals surface area contributed by atoms with Gasteiger partial charge in [0.05, 0.1) is 11.8 Å². The van der Waals surface area contributed by atoms with Gasteiger partial charge in [0.2, 0.25) is 5.91 Å². The molecule has 1 amide bonds. The van der Waals surface area contributed by atoms with Gasteiger partial charge in [-0.05, 0) is 36.6 Å². The SMILES string of the molecule is CC(C)c1ccccc1OCCNC(=O)[C@@H](C)Sc1ccccc1. The van der Waals surface area contributed by atoms with Crippen LogP contribution in [0.5, 0.6) is 5.75 Å². The fraction of sp³-hybridized carbons (Fsp3) is 0.350. The molecule has 0 fully saturated rings. The quantitative estimate of drug-likeness (QED) is 0.567. The highest BCUT2D eigenvalue weighted by Gasteiger charge is 2.13. The highest BCUT2D eigenvalue weighted by atomic mass is 32.2. The van der Waals surface area contributed by atoms with Crippen molar-refractivity contribution in [3.05, 3.63) is 60.2 Å². The van der Waals surface area contributed by atoms with Gasteiger partial charge in [-0.15, -0.1) is 11.8 Å². The van der Waals surface area contributed by atoms with Crippen molar-refractivity contribution in [2.45, 2.75) is 36.8 Å². The summed E-state index contributed by atoms with van der Waals surface area (Å²) in [5.74, 6) is 1.34. The van der Waals surface area contributed by atoms with E-state index in [-0.39, 0.29) is 11.2 Å². The van der Waals surface area contributed by atoms with Gasteiger partial charge in [0.1, 0.15) is 12.4 Å². The van der Waals surface area contributed by atoms with Gasteiger partial charge in [0.15, 0.2) is 0 Å². The van der Waals surface area contributed by atoms with E-state index >= 15 is 0 Å². The second kappa shape index (κ2) is 9.38. The number of hydrogen-bond acceptors (Lipinski definition) is 3. The van der Waals surface area contributed by atoms with Crippen LogP contribution >= 0.6 is 11.8 Å². The summed E-state index contributed by atoms with van der Waals surface area (Å²) in [5.41, 5.74) is 1.19. The Morgan fingerprint density at radius 3 is 2.42 bits per heavy atom. The molecule has 0 heterocycles. The molecule has 0 radical (unpaired) electrons. The average Bonchev–Trinajstić information content (AvgIpc) is 2.59. The number of ether oxygens (including phenoxy) is 1. The minimum atomic E-state index is -0.129. The summed E-state index contributed by atoms with van der Waals surface area (Å²) >= 11 is 1.56. The van der Waals surface area contributed by atoms with Gasteiger partial charge in [-0.1, -0.05) is 50.2 Å². The number of rotatable bonds is 8. The average molecular weight is 343 g/mol. The van der Waals surface area contributed by atoms with E-state index in [1.54, 1.807) is 11.8 Å². The summed E-state index contributed by atoms with van der Waals surface area (Å²) in [6.07, 6.45) is 0. The molecule has 0 aliphatic carbocycles. The summed E-state index contributed by atoms with van der Waals surface area (Å²) in [6, 6.07) is 18.0. The van der Waals surface area contributed by atoms with Gasteiger partial charge in [-0.3, -0.25) is 4.79 Å². The van der Waals surface area contributed by atoms with Crippen molar-refractivity contribution in [1.82, 2.24) is 5.32 Å². The van der Waals surface area contributed by atoms with Crippen molar-refractivity contribution in [2.75, 3.05) is 13.2 Å². The standard InChI is InChI=1S/C20H25NO2S/c1-15(2)18-11-7-8-12-19(18)23-14-13-21-20(22)16(3)24-17-9-5-4-6-10-17/h4-12,15-16H,13-14H2,1-3H3,(H,21,22)/t16-/m1/s1. The second-order valence-electron chi connectivity index (χ2n) is 5.91. The van der Waals surface area contributed by atoms with E-state index in [1.807, 2.05) is 55.5 Å². The van der Waals surface area contributed by atoms with E-state index in [0.29, 0.717) is 19.1 Å². The first-order chi connectivity index (χ1) is 11.6. The third kappa shape index (κ3) is 5.60. The van der Waals surface area contributed by atoms with Crippen molar-refractivity contribution in [2.24, 2.45) is 0 Å². The number of carbonyl (C=O) groups excluding carboxylic acids is 1. The highest BCUT2D eigenvalue weighted by molar-refractivity contribution is 8.00. The van der Waals surface area contributed by atoms with E-state index in [0.717, 1.165) is 10.6 Å². The van der Waals surface area contributed by atoms with Crippen molar-refractivity contribution >= 4 is 17.7 Å². The number of hydrogen-bond donors (Lipinski definition) is 1. The van der Waals surface area contributed by atoms with Crippen LogP contribution in [-0.2, 0) is 4.79 Å². The number of nitrogens with one attached hydrogen (secondary N) is 1. The molecule has 1 N–H and O–H groups in total. The van der Waals surface area contributed by atoms with Crippen LogP contribution in [0.15, 0.2) is 59.5 Å². The summed E-state index contributed by atoms with van der Waals surface area (Å²) in [6.45, 7) is 7.18. The maximum Gasteiger partial charge on any atom is 0.233 e. The molecule has 0 aromatic heterocycles. The molecular weight excluding hydrogens is 318 g/mol. The summed E-state index contributed by atoms with van der Waals surface area (Å²) in [4.78, 5) is 13.2. The van der Waals surface area contributed by atoms with Gasteiger partial charge in [0, 0.05) is 4.90 Å². The van der Waals surface area contributed by atoms with Gasteiger partial charge in [0.25, 0.3) is 0 Å². The van der Waals surface area contributed by atoms with Crippen LogP contribution in [0.1, 0.15) is 32.3 Å². The van der Waals surface area contributed by atoms with Crippen LogP contribution in [0, 0.1) is 0 Å². The molecule has 0 saturated heterocycles. The Bertz CT molecular complexity index is 643. The molecule has 2 rings (SSSR count). The molecule has 2 aromatic carbocycles. The van der Waals surface area contributed by atoms with Crippen LogP contribution in [0.3, 0.4) is 0 Å². The first-order valence-electron chi connectivity index (χ1n) is 8.29. The van der Waals surface area contributed by atoms with Crippen LogP contribution in [0.2, 0.25) is 0 Å². The Labute approximate surface area is 148 Å². The molecule has 24 heavy (non-hydrogen) atoms. The lowest BCUT2D eigenvalue weighted by Gasteiger charge is -2.15. The van der Waals surface area contributed by atoms with E-state index in [2.05, 4.69) is 25.2 Å². The zero-order valence-electron chi connectivity index (χ0n) is 14.5. The first-order valence-corrected chi connectivity index (χ1v) is 9.17. The smallest absolute Gasteiger partial charge is 0.233 e. The Balaban J connectivity index is 1.75.